The largest absolute Gasteiger partial charge is 0.358 e. The van der Waals surface area contributed by atoms with Gasteiger partial charge in [0, 0.05) is 5.82 Å². The summed E-state index contributed by atoms with van der Waals surface area (Å²) in [6, 6.07) is 8.40. The van der Waals surface area contributed by atoms with Gasteiger partial charge in [-0.3, -0.25) is 9.13 Å². The second kappa shape index (κ2) is 5.09. The normalized spacial score (nSPS) is 18.4. The lowest BCUT2D eigenvalue weighted by molar-refractivity contribution is 0.338. The molecular formula is C9H12O5P2. The van der Waals surface area contributed by atoms with E-state index in [1.165, 1.54) is 0 Å². The van der Waals surface area contributed by atoms with Gasteiger partial charge in [-0.2, -0.15) is 0 Å². The van der Waals surface area contributed by atoms with Gasteiger partial charge in [0.25, 0.3) is 0 Å². The average molecular weight is 262 g/mol. The van der Waals surface area contributed by atoms with Crippen LogP contribution in [0, 0.1) is 0 Å². The lowest BCUT2D eigenvalue weighted by atomic mass is 10.2. The molecule has 0 aliphatic heterocycles. The van der Waals surface area contributed by atoms with Crippen molar-refractivity contribution < 1.29 is 23.2 Å². The third-order valence-electron chi connectivity index (χ3n) is 1.70. The van der Waals surface area contributed by atoms with Crippen molar-refractivity contribution in [2.24, 2.45) is 0 Å². The van der Waals surface area contributed by atoms with Crippen LogP contribution in [0.3, 0.4) is 0 Å². The quantitative estimate of drug-likeness (QED) is 0.797. The third-order valence-corrected chi connectivity index (χ3v) is 4.88. The molecule has 0 fully saturated rings. The molecule has 2 unspecified atom stereocenters. The fourth-order valence-corrected chi connectivity index (χ4v) is 3.69. The SMILES string of the molecule is C=CP(=O)(O)OP(=O)(O)Cc1ccccc1. The molecule has 0 saturated carbocycles. The summed E-state index contributed by atoms with van der Waals surface area (Å²) >= 11 is 0. The molecule has 2 N–H and O–H groups in total. The van der Waals surface area contributed by atoms with E-state index in [0.29, 0.717) is 11.4 Å². The van der Waals surface area contributed by atoms with Gasteiger partial charge in [-0.05, 0) is 5.56 Å². The minimum atomic E-state index is -4.18. The highest BCUT2D eigenvalue weighted by molar-refractivity contribution is 7.67. The van der Waals surface area contributed by atoms with Crippen LogP contribution in [0.25, 0.3) is 0 Å². The lowest BCUT2D eigenvalue weighted by Gasteiger charge is -2.13. The summed E-state index contributed by atoms with van der Waals surface area (Å²) in [6.45, 7) is 3.05. The molecule has 1 aromatic carbocycles. The van der Waals surface area contributed by atoms with Crippen LogP contribution in [0.15, 0.2) is 42.7 Å². The molecule has 16 heavy (non-hydrogen) atoms. The Morgan fingerprint density at radius 2 is 1.81 bits per heavy atom. The Morgan fingerprint density at radius 1 is 1.25 bits per heavy atom. The minimum absolute atomic E-state index is 0.313. The first kappa shape index (κ1) is 13.4. The van der Waals surface area contributed by atoms with Crippen LogP contribution in [0.2, 0.25) is 0 Å². The van der Waals surface area contributed by atoms with Crippen molar-refractivity contribution in [3.63, 3.8) is 0 Å². The average Bonchev–Trinajstić information content (AvgIpc) is 2.17. The van der Waals surface area contributed by atoms with Gasteiger partial charge >= 0.3 is 15.2 Å². The van der Waals surface area contributed by atoms with Gasteiger partial charge in [-0.15, -0.1) is 0 Å². The van der Waals surface area contributed by atoms with E-state index in [9.17, 15) is 14.0 Å². The van der Waals surface area contributed by atoms with Gasteiger partial charge < -0.3 is 9.79 Å². The fourth-order valence-electron chi connectivity index (χ4n) is 1.06. The van der Waals surface area contributed by atoms with Crippen molar-refractivity contribution in [1.29, 1.82) is 0 Å². The molecule has 0 radical (unpaired) electrons. The van der Waals surface area contributed by atoms with Crippen LogP contribution in [0.5, 0.6) is 0 Å². The Bertz CT molecular complexity index is 456. The van der Waals surface area contributed by atoms with E-state index in [1.807, 2.05) is 0 Å². The topological polar surface area (TPSA) is 83.8 Å². The van der Waals surface area contributed by atoms with Crippen molar-refractivity contribution in [2.75, 3.05) is 0 Å². The van der Waals surface area contributed by atoms with E-state index in [0.717, 1.165) is 0 Å². The third kappa shape index (κ3) is 4.44. The molecule has 0 aromatic heterocycles. The van der Waals surface area contributed by atoms with E-state index in [-0.39, 0.29) is 6.16 Å². The van der Waals surface area contributed by atoms with Crippen molar-refractivity contribution in [3.8, 4) is 0 Å². The van der Waals surface area contributed by atoms with E-state index in [1.54, 1.807) is 30.3 Å². The summed E-state index contributed by atoms with van der Waals surface area (Å²) < 4.78 is 26.9. The number of hydrogen-bond donors (Lipinski definition) is 2. The second-order valence-corrected chi connectivity index (χ2v) is 6.85. The molecule has 0 aliphatic carbocycles. The van der Waals surface area contributed by atoms with Crippen molar-refractivity contribution in [3.05, 3.63) is 48.3 Å². The Morgan fingerprint density at radius 3 is 2.31 bits per heavy atom. The zero-order valence-corrected chi connectivity index (χ0v) is 10.2. The first-order valence-corrected chi connectivity index (χ1v) is 7.79. The first-order valence-electron chi connectivity index (χ1n) is 4.38. The zero-order chi connectivity index (χ0) is 12.2. The van der Waals surface area contributed by atoms with Crippen LogP contribution in [-0.4, -0.2) is 9.79 Å². The Balaban J connectivity index is 2.77. The summed E-state index contributed by atoms with van der Waals surface area (Å²) in [7, 11) is -8.32. The molecule has 0 bridgehead atoms. The Labute approximate surface area is 93.5 Å². The maximum Gasteiger partial charge on any atom is 0.358 e. The van der Waals surface area contributed by atoms with E-state index in [4.69, 9.17) is 4.89 Å². The van der Waals surface area contributed by atoms with Crippen LogP contribution >= 0.6 is 15.2 Å². The van der Waals surface area contributed by atoms with E-state index < -0.39 is 15.2 Å². The summed E-state index contributed by atoms with van der Waals surface area (Å²) in [5.41, 5.74) is 0.553. The molecule has 0 amide bonds. The summed E-state index contributed by atoms with van der Waals surface area (Å²) in [4.78, 5) is 18.4. The molecule has 88 valence electrons. The molecule has 1 aromatic rings. The number of benzene rings is 1. The highest BCUT2D eigenvalue weighted by atomic mass is 31.3. The lowest BCUT2D eigenvalue weighted by Crippen LogP contribution is -1.91. The maximum absolute atomic E-state index is 11.5. The highest BCUT2D eigenvalue weighted by Gasteiger charge is 2.29. The fraction of sp³-hybridized carbons (Fsp3) is 0.111. The molecular weight excluding hydrogens is 250 g/mol. The summed E-state index contributed by atoms with van der Waals surface area (Å²) in [5, 5.41) is 0. The minimum Gasteiger partial charge on any atom is -0.324 e. The Hall–Kier alpha value is -0.700. The van der Waals surface area contributed by atoms with Crippen molar-refractivity contribution in [2.45, 2.75) is 6.16 Å². The molecule has 0 spiro atoms. The van der Waals surface area contributed by atoms with Gasteiger partial charge in [0.1, 0.15) is 0 Å². The van der Waals surface area contributed by atoms with Crippen molar-refractivity contribution >= 4 is 15.2 Å². The smallest absolute Gasteiger partial charge is 0.324 e. The number of rotatable bonds is 5. The van der Waals surface area contributed by atoms with Gasteiger partial charge in [0.2, 0.25) is 0 Å². The first-order chi connectivity index (χ1) is 7.35. The molecule has 1 rings (SSSR count). The van der Waals surface area contributed by atoms with Gasteiger partial charge in [0.05, 0.1) is 6.16 Å². The van der Waals surface area contributed by atoms with Crippen LogP contribution in [0.1, 0.15) is 5.56 Å². The molecule has 0 aliphatic rings. The van der Waals surface area contributed by atoms with Crippen LogP contribution < -0.4 is 0 Å². The summed E-state index contributed by atoms with van der Waals surface area (Å²) in [5.74, 6) is 0.626. The zero-order valence-electron chi connectivity index (χ0n) is 8.39. The Kier molecular flexibility index (Phi) is 4.25. The highest BCUT2D eigenvalue weighted by Crippen LogP contribution is 2.61. The standard InChI is InChI=1S/C9H12O5P2/c1-2-15(10,11)14-16(12,13)8-9-6-4-3-5-7-9/h2-7H,1,8H2,(H,10,11)(H,12,13). The van der Waals surface area contributed by atoms with Gasteiger partial charge in [0.15, 0.2) is 0 Å². The summed E-state index contributed by atoms with van der Waals surface area (Å²) in [6.07, 6.45) is -0.313. The number of hydrogen-bond acceptors (Lipinski definition) is 3. The van der Waals surface area contributed by atoms with Crippen molar-refractivity contribution in [1.82, 2.24) is 0 Å². The predicted molar refractivity (Wildman–Crippen MR) is 61.1 cm³/mol. The molecule has 7 heteroatoms. The predicted octanol–water partition coefficient (Wildman–Crippen LogP) is 2.72. The molecule has 0 heterocycles. The maximum atomic E-state index is 11.5. The molecule has 5 nitrogen and oxygen atoms in total. The van der Waals surface area contributed by atoms with Crippen LogP contribution in [-0.2, 0) is 19.6 Å². The van der Waals surface area contributed by atoms with Gasteiger partial charge in [-0.25, -0.2) is 4.31 Å². The van der Waals surface area contributed by atoms with E-state index in [2.05, 4.69) is 10.9 Å². The van der Waals surface area contributed by atoms with Gasteiger partial charge in [-0.1, -0.05) is 36.9 Å². The molecule has 0 saturated heterocycles. The molecule has 2 atom stereocenters. The monoisotopic (exact) mass is 262 g/mol. The van der Waals surface area contributed by atoms with Crippen LogP contribution in [0.4, 0.5) is 0 Å². The van der Waals surface area contributed by atoms with E-state index >= 15 is 0 Å². The second-order valence-electron chi connectivity index (χ2n) is 3.11.